The molecule has 0 radical (unpaired) electrons. The van der Waals surface area contributed by atoms with Crippen LogP contribution in [0.2, 0.25) is 0 Å². The number of hydrogen-bond acceptors (Lipinski definition) is 3. The maximum atomic E-state index is 13.1. The molecule has 0 saturated heterocycles. The van der Waals surface area contributed by atoms with E-state index in [9.17, 15) is 9.18 Å². The molecule has 0 aliphatic carbocycles. The molecule has 3 rings (SSSR count). The Hall–Kier alpha value is -1.99. The van der Waals surface area contributed by atoms with E-state index < -0.39 is 0 Å². The number of carbonyl (C=O) groups is 1. The van der Waals surface area contributed by atoms with Crippen molar-refractivity contribution in [3.63, 3.8) is 0 Å². The van der Waals surface area contributed by atoms with E-state index in [0.717, 1.165) is 20.7 Å². The lowest BCUT2D eigenvalue weighted by molar-refractivity contribution is 0.0950. The third kappa shape index (κ3) is 3.57. The second-order valence-corrected chi connectivity index (χ2v) is 7.07. The molecule has 0 spiro atoms. The number of aromatic nitrogens is 2. The molecule has 2 heterocycles. The van der Waals surface area contributed by atoms with Gasteiger partial charge in [0, 0.05) is 14.7 Å². The molecule has 1 aromatic carbocycles. The van der Waals surface area contributed by atoms with Gasteiger partial charge in [0.05, 0.1) is 29.7 Å². The molecule has 0 unspecified atom stereocenters. The third-order valence-corrected chi connectivity index (χ3v) is 5.26. The highest BCUT2D eigenvalue weighted by Gasteiger charge is 2.17. The second-order valence-electron chi connectivity index (χ2n) is 5.16. The smallest absolute Gasteiger partial charge is 0.255 e. The van der Waals surface area contributed by atoms with E-state index in [1.807, 2.05) is 18.4 Å². The lowest BCUT2D eigenvalue weighted by Crippen LogP contribution is -2.23. The summed E-state index contributed by atoms with van der Waals surface area (Å²) in [4.78, 5) is 13.5. The van der Waals surface area contributed by atoms with Gasteiger partial charge in [0.25, 0.3) is 5.91 Å². The quantitative estimate of drug-likeness (QED) is 0.683. The molecule has 2 aromatic heterocycles. The lowest BCUT2D eigenvalue weighted by atomic mass is 10.2. The first-order valence-electron chi connectivity index (χ1n) is 7.42. The first-order chi connectivity index (χ1) is 11.6. The number of hydrogen-bond donors (Lipinski definition) is 1. The number of nitrogens with zero attached hydrogens (tertiary/aromatic N) is 2. The molecule has 0 atom stereocenters. The summed E-state index contributed by atoms with van der Waals surface area (Å²) in [5, 5.41) is 9.19. The minimum atomic E-state index is -0.302. The van der Waals surface area contributed by atoms with Gasteiger partial charge in [-0.1, -0.05) is 6.92 Å². The van der Waals surface area contributed by atoms with Crippen molar-refractivity contribution in [2.24, 2.45) is 0 Å². The van der Waals surface area contributed by atoms with Gasteiger partial charge in [0.1, 0.15) is 5.82 Å². The van der Waals surface area contributed by atoms with E-state index >= 15 is 0 Å². The fraction of sp³-hybridized carbons (Fsp3) is 0.176. The van der Waals surface area contributed by atoms with E-state index in [0.29, 0.717) is 18.5 Å². The summed E-state index contributed by atoms with van der Waals surface area (Å²) >= 11 is 4.98. The average molecular weight is 408 g/mol. The van der Waals surface area contributed by atoms with Gasteiger partial charge >= 0.3 is 0 Å². The molecule has 0 aliphatic heterocycles. The molecule has 4 nitrogen and oxygen atoms in total. The van der Waals surface area contributed by atoms with Crippen molar-refractivity contribution in [3.05, 3.63) is 68.3 Å². The Bertz CT molecular complexity index is 857. The minimum Gasteiger partial charge on any atom is -0.347 e. The Morgan fingerprint density at radius 3 is 2.75 bits per heavy atom. The maximum absolute atomic E-state index is 13.1. The van der Waals surface area contributed by atoms with E-state index in [2.05, 4.69) is 26.3 Å². The molecule has 0 saturated carbocycles. The maximum Gasteiger partial charge on any atom is 0.255 e. The Labute approximate surface area is 151 Å². The first-order valence-corrected chi connectivity index (χ1v) is 9.09. The summed E-state index contributed by atoms with van der Waals surface area (Å²) in [6.07, 6.45) is 2.20. The van der Waals surface area contributed by atoms with Crippen molar-refractivity contribution in [1.29, 1.82) is 0 Å². The fourth-order valence-electron chi connectivity index (χ4n) is 2.42. The van der Waals surface area contributed by atoms with Crippen molar-refractivity contribution in [2.75, 3.05) is 0 Å². The van der Waals surface area contributed by atoms with Gasteiger partial charge in [-0.15, -0.1) is 11.3 Å². The predicted molar refractivity (Wildman–Crippen MR) is 96.1 cm³/mol. The summed E-state index contributed by atoms with van der Waals surface area (Å²) in [5.74, 6) is -0.464. The zero-order chi connectivity index (χ0) is 17.1. The van der Waals surface area contributed by atoms with Crippen LogP contribution in [0.5, 0.6) is 0 Å². The number of amides is 1. The standard InChI is InChI=1S/C17H15BrFN3OS/c1-2-16-15(17(23)20-8-14-7-11(18)10-24-14)9-21-22(16)13-5-3-12(19)4-6-13/h3-7,9-10H,2,8H2,1H3,(H,20,23). The van der Waals surface area contributed by atoms with Crippen LogP contribution in [0.3, 0.4) is 0 Å². The van der Waals surface area contributed by atoms with Crippen molar-refractivity contribution >= 4 is 33.2 Å². The Morgan fingerprint density at radius 1 is 1.38 bits per heavy atom. The summed E-state index contributed by atoms with van der Waals surface area (Å²) < 4.78 is 15.8. The van der Waals surface area contributed by atoms with Crippen LogP contribution in [-0.4, -0.2) is 15.7 Å². The van der Waals surface area contributed by atoms with Gasteiger partial charge in [-0.2, -0.15) is 5.10 Å². The highest BCUT2D eigenvalue weighted by Crippen LogP contribution is 2.20. The molecule has 24 heavy (non-hydrogen) atoms. The lowest BCUT2D eigenvalue weighted by Gasteiger charge is -2.08. The Morgan fingerprint density at radius 2 is 2.12 bits per heavy atom. The van der Waals surface area contributed by atoms with Crippen LogP contribution in [-0.2, 0) is 13.0 Å². The summed E-state index contributed by atoms with van der Waals surface area (Å²) in [6, 6.07) is 8.03. The molecule has 3 aromatic rings. The van der Waals surface area contributed by atoms with Gasteiger partial charge in [0.2, 0.25) is 0 Å². The fourth-order valence-corrected chi connectivity index (χ4v) is 3.81. The van der Waals surface area contributed by atoms with Gasteiger partial charge in [-0.05, 0) is 52.7 Å². The number of thiophene rings is 1. The Balaban J connectivity index is 1.80. The van der Waals surface area contributed by atoms with Crippen LogP contribution >= 0.6 is 27.3 Å². The van der Waals surface area contributed by atoms with Crippen LogP contribution in [0.1, 0.15) is 27.9 Å². The zero-order valence-corrected chi connectivity index (χ0v) is 15.3. The topological polar surface area (TPSA) is 46.9 Å². The van der Waals surface area contributed by atoms with E-state index in [1.54, 1.807) is 34.3 Å². The molecule has 7 heteroatoms. The predicted octanol–water partition coefficient (Wildman–Crippen LogP) is 4.33. The Kier molecular flexibility index (Phi) is 5.11. The average Bonchev–Trinajstić information content (AvgIpc) is 3.19. The van der Waals surface area contributed by atoms with Gasteiger partial charge in [-0.3, -0.25) is 4.79 Å². The van der Waals surface area contributed by atoms with Crippen LogP contribution in [0, 0.1) is 5.82 Å². The molecule has 0 bridgehead atoms. The SMILES string of the molecule is CCc1c(C(=O)NCc2cc(Br)cs2)cnn1-c1ccc(F)cc1. The molecule has 1 amide bonds. The van der Waals surface area contributed by atoms with E-state index in [1.165, 1.54) is 12.1 Å². The molecular weight excluding hydrogens is 393 g/mol. The zero-order valence-electron chi connectivity index (χ0n) is 12.9. The normalized spacial score (nSPS) is 10.8. The molecule has 1 N–H and O–H groups in total. The van der Waals surface area contributed by atoms with Crippen LogP contribution < -0.4 is 5.32 Å². The van der Waals surface area contributed by atoms with Crippen molar-refractivity contribution < 1.29 is 9.18 Å². The molecule has 124 valence electrons. The van der Waals surface area contributed by atoms with Crippen molar-refractivity contribution in [3.8, 4) is 5.69 Å². The minimum absolute atomic E-state index is 0.162. The van der Waals surface area contributed by atoms with E-state index in [4.69, 9.17) is 0 Å². The molecule has 0 fully saturated rings. The summed E-state index contributed by atoms with van der Waals surface area (Å²) in [6.45, 7) is 2.43. The highest BCUT2D eigenvalue weighted by molar-refractivity contribution is 9.10. The van der Waals surface area contributed by atoms with Crippen LogP contribution in [0.25, 0.3) is 5.69 Å². The van der Waals surface area contributed by atoms with Crippen molar-refractivity contribution in [2.45, 2.75) is 19.9 Å². The van der Waals surface area contributed by atoms with Crippen LogP contribution in [0.4, 0.5) is 4.39 Å². The monoisotopic (exact) mass is 407 g/mol. The number of nitrogens with one attached hydrogen (secondary N) is 1. The van der Waals surface area contributed by atoms with Crippen LogP contribution in [0.15, 0.2) is 46.4 Å². The summed E-state index contributed by atoms with van der Waals surface area (Å²) in [7, 11) is 0. The van der Waals surface area contributed by atoms with Gasteiger partial charge < -0.3 is 5.32 Å². The second kappa shape index (κ2) is 7.27. The number of benzene rings is 1. The number of rotatable bonds is 5. The van der Waals surface area contributed by atoms with E-state index in [-0.39, 0.29) is 11.7 Å². The van der Waals surface area contributed by atoms with Gasteiger partial charge in [-0.25, -0.2) is 9.07 Å². The largest absolute Gasteiger partial charge is 0.347 e. The van der Waals surface area contributed by atoms with Crippen molar-refractivity contribution in [1.82, 2.24) is 15.1 Å². The number of carbonyl (C=O) groups excluding carboxylic acids is 1. The summed E-state index contributed by atoms with van der Waals surface area (Å²) in [5.41, 5.74) is 2.07. The highest BCUT2D eigenvalue weighted by atomic mass is 79.9. The first kappa shape index (κ1) is 16.9. The third-order valence-electron chi connectivity index (χ3n) is 3.56. The van der Waals surface area contributed by atoms with Gasteiger partial charge in [0.15, 0.2) is 0 Å². The molecular formula is C17H15BrFN3OS. The molecule has 0 aliphatic rings. The number of halogens is 2.